The van der Waals surface area contributed by atoms with Crippen LogP contribution in [0.3, 0.4) is 0 Å². The zero-order chi connectivity index (χ0) is 19.9. The lowest BCUT2D eigenvalue weighted by Gasteiger charge is -2.30. The Hall–Kier alpha value is -1.51. The summed E-state index contributed by atoms with van der Waals surface area (Å²) in [5.74, 6) is 1.55. The quantitative estimate of drug-likeness (QED) is 0.810. The Bertz CT molecular complexity index is 976. The van der Waals surface area contributed by atoms with E-state index in [4.69, 9.17) is 16.6 Å². The molecule has 2 atom stereocenters. The van der Waals surface area contributed by atoms with E-state index in [1.54, 1.807) is 12.4 Å². The number of pyridine rings is 1. The molecule has 1 saturated carbocycles. The van der Waals surface area contributed by atoms with E-state index in [9.17, 15) is 8.42 Å². The zero-order valence-electron chi connectivity index (χ0n) is 16.2. The van der Waals surface area contributed by atoms with Crippen molar-refractivity contribution in [3.63, 3.8) is 0 Å². The number of nitrogens with zero attached hydrogens (tertiary/aromatic N) is 4. The van der Waals surface area contributed by atoms with E-state index in [1.165, 1.54) is 23.4 Å². The Balaban J connectivity index is 1.57. The molecule has 28 heavy (non-hydrogen) atoms. The third kappa shape index (κ3) is 3.95. The van der Waals surface area contributed by atoms with Gasteiger partial charge in [0.25, 0.3) is 0 Å². The molecule has 2 aromatic rings. The summed E-state index contributed by atoms with van der Waals surface area (Å²) in [5, 5.41) is 4.78. The molecular weight excluding hydrogens is 398 g/mol. The Morgan fingerprint density at radius 1 is 1.14 bits per heavy atom. The van der Waals surface area contributed by atoms with Crippen molar-refractivity contribution < 1.29 is 8.42 Å². The number of hydrogen-bond donors (Lipinski definition) is 1. The van der Waals surface area contributed by atoms with Gasteiger partial charge in [0.15, 0.2) is 0 Å². The molecule has 2 aromatic heterocycles. The summed E-state index contributed by atoms with van der Waals surface area (Å²) in [7, 11) is -3.12. The summed E-state index contributed by atoms with van der Waals surface area (Å²) >= 11 is 6.35. The number of aromatic nitrogens is 3. The maximum absolute atomic E-state index is 11.7. The summed E-state index contributed by atoms with van der Waals surface area (Å²) in [4.78, 5) is 13.9. The summed E-state index contributed by atoms with van der Waals surface area (Å²) in [6.07, 6.45) is 9.75. The average molecular weight is 424 g/mol. The minimum absolute atomic E-state index is 0.149. The second-order valence-electron chi connectivity index (χ2n) is 8.04. The van der Waals surface area contributed by atoms with Crippen LogP contribution in [0.2, 0.25) is 5.02 Å². The van der Waals surface area contributed by atoms with Crippen LogP contribution in [0.25, 0.3) is 10.9 Å². The van der Waals surface area contributed by atoms with Gasteiger partial charge in [-0.2, -0.15) is 0 Å². The topological polar surface area (TPSA) is 88.1 Å². The molecule has 2 aliphatic rings. The van der Waals surface area contributed by atoms with Crippen LogP contribution >= 0.6 is 11.6 Å². The number of anilines is 1. The predicted molar refractivity (Wildman–Crippen MR) is 111 cm³/mol. The fraction of sp³-hybridized carbons (Fsp3) is 0.632. The van der Waals surface area contributed by atoms with Crippen molar-refractivity contribution in [3.8, 4) is 0 Å². The van der Waals surface area contributed by atoms with Crippen molar-refractivity contribution in [3.05, 3.63) is 23.1 Å². The van der Waals surface area contributed by atoms with E-state index in [0.29, 0.717) is 35.9 Å². The van der Waals surface area contributed by atoms with Gasteiger partial charge >= 0.3 is 0 Å². The molecule has 0 aromatic carbocycles. The van der Waals surface area contributed by atoms with Gasteiger partial charge in [0.2, 0.25) is 16.0 Å². The van der Waals surface area contributed by atoms with Crippen LogP contribution in [0.5, 0.6) is 0 Å². The van der Waals surface area contributed by atoms with Crippen LogP contribution in [-0.2, 0) is 10.0 Å². The van der Waals surface area contributed by atoms with E-state index in [0.717, 1.165) is 35.9 Å². The van der Waals surface area contributed by atoms with Crippen molar-refractivity contribution in [1.82, 2.24) is 19.3 Å². The maximum Gasteiger partial charge on any atom is 0.223 e. The summed E-state index contributed by atoms with van der Waals surface area (Å²) < 4.78 is 24.9. The Labute approximate surface area is 171 Å². The molecule has 1 saturated heterocycles. The fourth-order valence-electron chi connectivity index (χ4n) is 4.42. The van der Waals surface area contributed by atoms with Crippen LogP contribution in [0, 0.1) is 5.92 Å². The van der Waals surface area contributed by atoms with Crippen molar-refractivity contribution >= 4 is 38.5 Å². The molecule has 1 aliphatic heterocycles. The molecule has 7 nitrogen and oxygen atoms in total. The normalized spacial score (nSPS) is 24.7. The molecule has 1 N–H and O–H groups in total. The first-order chi connectivity index (χ1) is 13.3. The molecule has 0 unspecified atom stereocenters. The molecule has 0 spiro atoms. The first kappa shape index (κ1) is 19.8. The Kier molecular flexibility index (Phi) is 5.46. The standard InChI is InChI=1S/C19H26ClN5O2S/c1-12-4-3-5-14(12)17-18-15(16(20)11-21-17)10-22-19(24-18)23-13-6-8-25(9-7-13)28(2,26)27/h10-14H,3-9H2,1-2H3,(H,22,23,24)/t12-,14-/m1/s1. The number of nitrogens with one attached hydrogen (secondary N) is 1. The van der Waals surface area contributed by atoms with Gasteiger partial charge in [-0.05, 0) is 25.2 Å². The van der Waals surface area contributed by atoms with E-state index in [2.05, 4.69) is 22.2 Å². The second kappa shape index (κ2) is 7.72. The Morgan fingerprint density at radius 3 is 2.54 bits per heavy atom. The van der Waals surface area contributed by atoms with Gasteiger partial charge in [0.05, 0.1) is 22.5 Å². The zero-order valence-corrected chi connectivity index (χ0v) is 17.8. The first-order valence-corrected chi connectivity index (χ1v) is 12.1. The van der Waals surface area contributed by atoms with Gasteiger partial charge in [0, 0.05) is 42.8 Å². The van der Waals surface area contributed by atoms with Crippen molar-refractivity contribution in [2.45, 2.75) is 51.0 Å². The van der Waals surface area contributed by atoms with Crippen molar-refractivity contribution in [1.29, 1.82) is 0 Å². The van der Waals surface area contributed by atoms with Gasteiger partial charge in [-0.15, -0.1) is 0 Å². The van der Waals surface area contributed by atoms with Gasteiger partial charge < -0.3 is 5.32 Å². The average Bonchev–Trinajstić information content (AvgIpc) is 3.07. The van der Waals surface area contributed by atoms with Crippen molar-refractivity contribution in [2.24, 2.45) is 5.92 Å². The van der Waals surface area contributed by atoms with E-state index in [1.807, 2.05) is 0 Å². The van der Waals surface area contributed by atoms with Crippen LogP contribution in [0.15, 0.2) is 12.4 Å². The van der Waals surface area contributed by atoms with Crippen LogP contribution < -0.4 is 5.32 Å². The lowest BCUT2D eigenvalue weighted by Crippen LogP contribution is -2.42. The van der Waals surface area contributed by atoms with Crippen LogP contribution in [0.1, 0.15) is 50.6 Å². The monoisotopic (exact) mass is 423 g/mol. The molecule has 0 amide bonds. The smallest absolute Gasteiger partial charge is 0.223 e. The van der Waals surface area contributed by atoms with Gasteiger partial charge in [-0.25, -0.2) is 22.7 Å². The maximum atomic E-state index is 11.7. The number of piperidine rings is 1. The fourth-order valence-corrected chi connectivity index (χ4v) is 5.48. The highest BCUT2D eigenvalue weighted by Gasteiger charge is 2.29. The highest BCUT2D eigenvalue weighted by Crippen LogP contribution is 2.41. The van der Waals surface area contributed by atoms with Crippen LogP contribution in [-0.4, -0.2) is 53.1 Å². The third-order valence-corrected chi connectivity index (χ3v) is 7.68. The molecule has 152 valence electrons. The molecule has 0 radical (unpaired) electrons. The third-order valence-electron chi connectivity index (χ3n) is 6.07. The number of sulfonamides is 1. The van der Waals surface area contributed by atoms with Gasteiger partial charge in [-0.1, -0.05) is 31.4 Å². The van der Waals surface area contributed by atoms with E-state index < -0.39 is 10.0 Å². The molecule has 2 fully saturated rings. The molecule has 0 bridgehead atoms. The molecule has 3 heterocycles. The second-order valence-corrected chi connectivity index (χ2v) is 10.4. The van der Waals surface area contributed by atoms with E-state index in [-0.39, 0.29) is 6.04 Å². The van der Waals surface area contributed by atoms with Crippen LogP contribution in [0.4, 0.5) is 5.95 Å². The highest BCUT2D eigenvalue weighted by atomic mass is 35.5. The SMILES string of the molecule is C[C@@H]1CCC[C@H]1c1ncc(Cl)c2cnc(NC3CCN(S(C)(=O)=O)CC3)nc12. The van der Waals surface area contributed by atoms with Gasteiger partial charge in [0.1, 0.15) is 0 Å². The summed E-state index contributed by atoms with van der Waals surface area (Å²) in [6, 6.07) is 0.149. The summed E-state index contributed by atoms with van der Waals surface area (Å²) in [5.41, 5.74) is 1.85. The lowest BCUT2D eigenvalue weighted by atomic mass is 9.93. The van der Waals surface area contributed by atoms with Crippen molar-refractivity contribution in [2.75, 3.05) is 24.7 Å². The number of rotatable bonds is 4. The molecule has 1 aliphatic carbocycles. The van der Waals surface area contributed by atoms with Gasteiger partial charge in [-0.3, -0.25) is 4.98 Å². The number of hydrogen-bond acceptors (Lipinski definition) is 6. The minimum atomic E-state index is -3.12. The molecular formula is C19H26ClN5O2S. The molecule has 9 heteroatoms. The molecule has 4 rings (SSSR count). The number of fused-ring (bicyclic) bond motifs is 1. The largest absolute Gasteiger partial charge is 0.351 e. The first-order valence-electron chi connectivity index (χ1n) is 9.85. The highest BCUT2D eigenvalue weighted by molar-refractivity contribution is 7.88. The predicted octanol–water partition coefficient (Wildman–Crippen LogP) is 3.42. The lowest BCUT2D eigenvalue weighted by molar-refractivity contribution is 0.331. The minimum Gasteiger partial charge on any atom is -0.351 e. The van der Waals surface area contributed by atoms with E-state index >= 15 is 0 Å². The number of halogens is 1. The Morgan fingerprint density at radius 2 is 1.89 bits per heavy atom. The summed E-state index contributed by atoms with van der Waals surface area (Å²) in [6.45, 7) is 3.31.